The fourth-order valence-corrected chi connectivity index (χ4v) is 2.43. The third-order valence-corrected chi connectivity index (χ3v) is 3.85. The van der Waals surface area contributed by atoms with Crippen LogP contribution >= 0.6 is 0 Å². The van der Waals surface area contributed by atoms with Gasteiger partial charge in [0.2, 0.25) is 5.91 Å². The number of carbonyl (C=O) groups is 2. The van der Waals surface area contributed by atoms with Gasteiger partial charge in [0.25, 0.3) is 0 Å². The third-order valence-electron chi connectivity index (χ3n) is 3.85. The van der Waals surface area contributed by atoms with Gasteiger partial charge in [0.1, 0.15) is 12.3 Å². The first-order valence-electron chi connectivity index (χ1n) is 8.88. The fraction of sp³-hybridized carbons (Fsp3) is 0.136. The van der Waals surface area contributed by atoms with Gasteiger partial charge in [0.15, 0.2) is 5.76 Å². The van der Waals surface area contributed by atoms with E-state index in [2.05, 4.69) is 10.5 Å². The highest BCUT2D eigenvalue weighted by Crippen LogP contribution is 2.19. The van der Waals surface area contributed by atoms with Gasteiger partial charge in [0, 0.05) is 24.3 Å². The van der Waals surface area contributed by atoms with Crippen molar-refractivity contribution in [1.29, 1.82) is 0 Å². The average molecular weight is 376 g/mol. The van der Waals surface area contributed by atoms with Gasteiger partial charge in [-0.05, 0) is 11.6 Å². The summed E-state index contributed by atoms with van der Waals surface area (Å²) in [5.41, 5.74) is 2.36. The number of nitrogens with zero attached hydrogens (tertiary/aromatic N) is 1. The molecule has 0 spiro atoms. The van der Waals surface area contributed by atoms with Gasteiger partial charge in [-0.3, -0.25) is 9.59 Å². The number of hydrogen-bond acceptors (Lipinski definition) is 5. The Kier molecular flexibility index (Phi) is 6.73. The number of aromatic nitrogens is 1. The van der Waals surface area contributed by atoms with Gasteiger partial charge in [-0.1, -0.05) is 65.8 Å². The zero-order valence-electron chi connectivity index (χ0n) is 15.2. The van der Waals surface area contributed by atoms with Gasteiger partial charge < -0.3 is 14.6 Å². The summed E-state index contributed by atoms with van der Waals surface area (Å²) in [4.78, 5) is 23.5. The van der Waals surface area contributed by atoms with Crippen LogP contribution in [-0.2, 0) is 20.9 Å². The molecule has 6 heteroatoms. The molecule has 0 radical (unpaired) electrons. The molecule has 0 saturated heterocycles. The molecule has 0 fully saturated rings. The Balaban J connectivity index is 1.36. The molecular formula is C22H20N2O4. The summed E-state index contributed by atoms with van der Waals surface area (Å²) in [6.07, 6.45) is 3.22. The van der Waals surface area contributed by atoms with Crippen LogP contribution in [0.2, 0.25) is 0 Å². The summed E-state index contributed by atoms with van der Waals surface area (Å²) >= 11 is 0. The Bertz CT molecular complexity index is 933. The monoisotopic (exact) mass is 376 g/mol. The fourth-order valence-electron chi connectivity index (χ4n) is 2.43. The van der Waals surface area contributed by atoms with Crippen molar-refractivity contribution < 1.29 is 18.8 Å². The van der Waals surface area contributed by atoms with E-state index < -0.39 is 5.97 Å². The molecule has 142 valence electrons. The second-order valence-corrected chi connectivity index (χ2v) is 5.99. The molecule has 1 amide bonds. The van der Waals surface area contributed by atoms with Crippen LogP contribution in [0, 0.1) is 0 Å². The van der Waals surface area contributed by atoms with E-state index in [9.17, 15) is 9.59 Å². The van der Waals surface area contributed by atoms with E-state index in [1.807, 2.05) is 60.7 Å². The lowest BCUT2D eigenvalue weighted by Gasteiger charge is -2.03. The molecule has 0 aliphatic carbocycles. The van der Waals surface area contributed by atoms with E-state index in [0.29, 0.717) is 11.5 Å². The number of nitrogens with one attached hydrogen (secondary N) is 1. The maximum atomic E-state index is 11.8. The number of rotatable bonds is 8. The first kappa shape index (κ1) is 19.1. The molecule has 2 aromatic carbocycles. The number of ether oxygens (including phenoxy) is 1. The van der Waals surface area contributed by atoms with Crippen molar-refractivity contribution in [2.24, 2.45) is 0 Å². The van der Waals surface area contributed by atoms with E-state index in [4.69, 9.17) is 9.26 Å². The van der Waals surface area contributed by atoms with Crippen molar-refractivity contribution in [2.75, 3.05) is 6.54 Å². The second-order valence-electron chi connectivity index (χ2n) is 5.99. The van der Waals surface area contributed by atoms with Crippen molar-refractivity contribution in [3.05, 3.63) is 84.1 Å². The Morgan fingerprint density at radius 1 is 1.04 bits per heavy atom. The lowest BCUT2D eigenvalue weighted by Crippen LogP contribution is -2.24. The molecule has 28 heavy (non-hydrogen) atoms. The van der Waals surface area contributed by atoms with E-state index in [1.165, 1.54) is 6.08 Å². The number of amides is 1. The molecule has 6 nitrogen and oxygen atoms in total. The average Bonchev–Trinajstić information content (AvgIpc) is 3.21. The summed E-state index contributed by atoms with van der Waals surface area (Å²) < 4.78 is 10.4. The minimum atomic E-state index is -0.420. The largest absolute Gasteiger partial charge is 0.459 e. The molecule has 1 aromatic heterocycles. The van der Waals surface area contributed by atoms with Crippen molar-refractivity contribution in [2.45, 2.75) is 13.0 Å². The van der Waals surface area contributed by atoms with Crippen LogP contribution in [0.5, 0.6) is 0 Å². The first-order valence-corrected chi connectivity index (χ1v) is 8.88. The van der Waals surface area contributed by atoms with Crippen molar-refractivity contribution in [3.8, 4) is 11.3 Å². The highest BCUT2D eigenvalue weighted by molar-refractivity contribution is 5.91. The van der Waals surface area contributed by atoms with Crippen LogP contribution < -0.4 is 5.32 Å². The van der Waals surface area contributed by atoms with E-state index in [-0.39, 0.29) is 25.5 Å². The van der Waals surface area contributed by atoms with Crippen molar-refractivity contribution in [3.63, 3.8) is 0 Å². The second kappa shape index (κ2) is 9.87. The maximum absolute atomic E-state index is 11.8. The third kappa shape index (κ3) is 5.95. The number of carbonyl (C=O) groups excluding carboxylic acids is 2. The Morgan fingerprint density at radius 2 is 1.75 bits per heavy atom. The van der Waals surface area contributed by atoms with Crippen LogP contribution in [0.1, 0.15) is 17.7 Å². The number of esters is 1. The highest BCUT2D eigenvalue weighted by Gasteiger charge is 2.09. The molecule has 0 aliphatic heterocycles. The number of hydrogen-bond donors (Lipinski definition) is 1. The van der Waals surface area contributed by atoms with Gasteiger partial charge in [-0.25, -0.2) is 0 Å². The smallest absolute Gasteiger partial charge is 0.307 e. The van der Waals surface area contributed by atoms with Gasteiger partial charge in [-0.2, -0.15) is 0 Å². The Hall–Kier alpha value is -3.67. The van der Waals surface area contributed by atoms with Crippen LogP contribution in [0.25, 0.3) is 17.4 Å². The summed E-state index contributed by atoms with van der Waals surface area (Å²) in [5, 5.41) is 6.54. The molecule has 1 N–H and O–H groups in total. The van der Waals surface area contributed by atoms with Crippen LogP contribution in [0.3, 0.4) is 0 Å². The maximum Gasteiger partial charge on any atom is 0.307 e. The lowest BCUT2D eigenvalue weighted by atomic mass is 10.2. The summed E-state index contributed by atoms with van der Waals surface area (Å²) in [5.74, 6) is -0.0682. The normalized spacial score (nSPS) is 10.7. The van der Waals surface area contributed by atoms with Crippen LogP contribution in [0.15, 0.2) is 77.3 Å². The molecule has 0 atom stereocenters. The summed E-state index contributed by atoms with van der Waals surface area (Å²) in [6.45, 7) is 0.224. The molecule has 3 aromatic rings. The predicted octanol–water partition coefficient (Wildman–Crippen LogP) is 3.60. The van der Waals surface area contributed by atoms with Gasteiger partial charge in [-0.15, -0.1) is 0 Å². The zero-order chi connectivity index (χ0) is 19.6. The van der Waals surface area contributed by atoms with E-state index in [0.717, 1.165) is 11.1 Å². The first-order chi connectivity index (χ1) is 13.7. The predicted molar refractivity (Wildman–Crippen MR) is 105 cm³/mol. The quantitative estimate of drug-likeness (QED) is 0.480. The molecule has 0 aliphatic rings. The van der Waals surface area contributed by atoms with Gasteiger partial charge >= 0.3 is 5.97 Å². The molecule has 0 unspecified atom stereocenters. The zero-order valence-corrected chi connectivity index (χ0v) is 15.2. The molecule has 1 heterocycles. The highest BCUT2D eigenvalue weighted by atomic mass is 16.5. The lowest BCUT2D eigenvalue weighted by molar-refractivity contribution is -0.145. The summed E-state index contributed by atoms with van der Waals surface area (Å²) in [7, 11) is 0. The summed E-state index contributed by atoms with van der Waals surface area (Å²) in [6, 6.07) is 20.8. The van der Waals surface area contributed by atoms with Crippen LogP contribution in [-0.4, -0.2) is 23.6 Å². The van der Waals surface area contributed by atoms with Crippen LogP contribution in [0.4, 0.5) is 0 Å². The molecule has 3 rings (SSSR count). The van der Waals surface area contributed by atoms with Crippen molar-refractivity contribution in [1.82, 2.24) is 10.5 Å². The number of benzene rings is 2. The minimum Gasteiger partial charge on any atom is -0.459 e. The SMILES string of the molecule is O=C(/C=C/c1ccccc1)NCCC(=O)OCc1cc(-c2ccccc2)on1. The van der Waals surface area contributed by atoms with E-state index in [1.54, 1.807) is 12.1 Å². The topological polar surface area (TPSA) is 81.4 Å². The molecule has 0 bridgehead atoms. The van der Waals surface area contributed by atoms with E-state index >= 15 is 0 Å². The Morgan fingerprint density at radius 3 is 2.50 bits per heavy atom. The molecule has 0 saturated carbocycles. The van der Waals surface area contributed by atoms with Crippen molar-refractivity contribution >= 4 is 18.0 Å². The van der Waals surface area contributed by atoms with Gasteiger partial charge in [0.05, 0.1) is 6.42 Å². The minimum absolute atomic E-state index is 0.0248. The standard InChI is InChI=1S/C22H20N2O4/c25-21(12-11-17-7-3-1-4-8-17)23-14-13-22(26)27-16-19-15-20(28-24-19)18-9-5-2-6-10-18/h1-12,15H,13-14,16H2,(H,23,25)/b12-11+. The Labute approximate surface area is 162 Å². The molecular weight excluding hydrogens is 356 g/mol.